The average molecular weight is 353 g/mol. The fourth-order valence-corrected chi connectivity index (χ4v) is 2.59. The number of anilines is 3. The molecule has 6 heteroatoms. The molecule has 0 saturated carbocycles. The van der Waals surface area contributed by atoms with Crippen molar-refractivity contribution in [3.63, 3.8) is 0 Å². The van der Waals surface area contributed by atoms with Gasteiger partial charge in [-0.3, -0.25) is 9.78 Å². The van der Waals surface area contributed by atoms with Gasteiger partial charge in [0.05, 0.1) is 17.4 Å². The number of nitrogens with one attached hydrogen (secondary N) is 1. The fourth-order valence-electron chi connectivity index (χ4n) is 2.59. The first-order valence-electron chi connectivity index (χ1n) is 8.13. The molecule has 1 amide bonds. The lowest BCUT2D eigenvalue weighted by Crippen LogP contribution is -2.30. The molecule has 1 heterocycles. The Morgan fingerprint density at radius 3 is 2.38 bits per heavy atom. The minimum absolute atomic E-state index is 0.246. The highest BCUT2D eigenvalue weighted by Gasteiger charge is 2.17. The number of hydrogen-bond acceptors (Lipinski definition) is 3. The van der Waals surface area contributed by atoms with Crippen LogP contribution in [0.5, 0.6) is 0 Å². The minimum Gasteiger partial charge on any atom is -0.349 e. The predicted octanol–water partition coefficient (Wildman–Crippen LogP) is 4.77. The van der Waals surface area contributed by atoms with E-state index in [4.69, 9.17) is 0 Å². The Hall–Kier alpha value is -3.28. The summed E-state index contributed by atoms with van der Waals surface area (Å²) >= 11 is 0. The van der Waals surface area contributed by atoms with Crippen molar-refractivity contribution in [2.75, 3.05) is 16.8 Å². The summed E-state index contributed by atoms with van der Waals surface area (Å²) in [6.45, 7) is 2.34. The lowest BCUT2D eigenvalue weighted by atomic mass is 10.2. The molecule has 0 radical (unpaired) electrons. The average Bonchev–Trinajstić information content (AvgIpc) is 2.66. The van der Waals surface area contributed by atoms with Crippen molar-refractivity contribution in [3.05, 3.63) is 84.2 Å². The maximum atomic E-state index is 13.8. The van der Waals surface area contributed by atoms with Gasteiger partial charge in [0.15, 0.2) is 0 Å². The van der Waals surface area contributed by atoms with E-state index in [1.165, 1.54) is 24.5 Å². The molecule has 26 heavy (non-hydrogen) atoms. The lowest BCUT2D eigenvalue weighted by Gasteiger charge is -2.21. The van der Waals surface area contributed by atoms with E-state index in [-0.39, 0.29) is 11.6 Å². The molecule has 0 spiro atoms. The van der Waals surface area contributed by atoms with E-state index in [1.54, 1.807) is 4.90 Å². The molecule has 0 aliphatic heterocycles. The second kappa shape index (κ2) is 7.74. The molecule has 0 saturated heterocycles. The number of carbonyl (C=O) groups excluding carboxylic acids is 1. The van der Waals surface area contributed by atoms with Crippen molar-refractivity contribution < 1.29 is 13.6 Å². The monoisotopic (exact) mass is 353 g/mol. The van der Waals surface area contributed by atoms with Gasteiger partial charge in [0.1, 0.15) is 17.3 Å². The van der Waals surface area contributed by atoms with Crippen molar-refractivity contribution in [1.82, 2.24) is 4.98 Å². The summed E-state index contributed by atoms with van der Waals surface area (Å²) in [5.74, 6) is -1.69. The molecule has 1 N–H and O–H groups in total. The number of hydrogen-bond donors (Lipinski definition) is 1. The zero-order valence-electron chi connectivity index (χ0n) is 14.1. The van der Waals surface area contributed by atoms with Gasteiger partial charge >= 0.3 is 0 Å². The van der Waals surface area contributed by atoms with Gasteiger partial charge in [-0.15, -0.1) is 0 Å². The van der Waals surface area contributed by atoms with Crippen LogP contribution in [0.3, 0.4) is 0 Å². The van der Waals surface area contributed by atoms with Gasteiger partial charge in [-0.2, -0.15) is 0 Å². The summed E-state index contributed by atoms with van der Waals surface area (Å²) in [6, 6.07) is 14.4. The fraction of sp³-hybridized carbons (Fsp3) is 0.100. The third-order valence-corrected chi connectivity index (χ3v) is 3.85. The van der Waals surface area contributed by atoms with Crippen LogP contribution in [0, 0.1) is 11.6 Å². The van der Waals surface area contributed by atoms with Crippen molar-refractivity contribution in [1.29, 1.82) is 0 Å². The topological polar surface area (TPSA) is 45.2 Å². The smallest absolute Gasteiger partial charge is 0.259 e. The molecule has 0 fully saturated rings. The number of carbonyl (C=O) groups is 1. The summed E-state index contributed by atoms with van der Waals surface area (Å²) in [4.78, 5) is 18.4. The van der Waals surface area contributed by atoms with E-state index in [0.29, 0.717) is 17.8 Å². The molecular weight excluding hydrogens is 336 g/mol. The molecule has 4 nitrogen and oxygen atoms in total. The maximum absolute atomic E-state index is 13.8. The molecule has 0 unspecified atom stereocenters. The van der Waals surface area contributed by atoms with Crippen molar-refractivity contribution >= 4 is 23.0 Å². The van der Waals surface area contributed by atoms with E-state index >= 15 is 0 Å². The van der Waals surface area contributed by atoms with Crippen LogP contribution in [0.15, 0.2) is 67.0 Å². The molecule has 0 atom stereocenters. The number of benzene rings is 2. The summed E-state index contributed by atoms with van der Waals surface area (Å²) < 4.78 is 27.6. The Morgan fingerprint density at radius 2 is 1.73 bits per heavy atom. The van der Waals surface area contributed by atoms with Gasteiger partial charge in [0.2, 0.25) is 0 Å². The van der Waals surface area contributed by atoms with Gasteiger partial charge in [-0.1, -0.05) is 24.3 Å². The van der Waals surface area contributed by atoms with Crippen LogP contribution in [0.4, 0.5) is 25.8 Å². The standard InChI is InChI=1S/C20H17F2N3O/c1-2-25(16-7-4-3-5-8-16)20(26)14-11-15(13-23-12-14)24-19-17(21)9-6-10-18(19)22/h3-13,24H,2H2,1H3. The molecule has 2 aromatic carbocycles. The highest BCUT2D eigenvalue weighted by atomic mass is 19.1. The number of rotatable bonds is 5. The first-order chi connectivity index (χ1) is 12.6. The van der Waals surface area contributed by atoms with Crippen LogP contribution in [-0.4, -0.2) is 17.4 Å². The summed E-state index contributed by atoms with van der Waals surface area (Å²) in [6.07, 6.45) is 2.83. The number of pyridine rings is 1. The maximum Gasteiger partial charge on any atom is 0.259 e. The molecule has 0 aliphatic rings. The highest BCUT2D eigenvalue weighted by Crippen LogP contribution is 2.24. The largest absolute Gasteiger partial charge is 0.349 e. The highest BCUT2D eigenvalue weighted by molar-refractivity contribution is 6.06. The Morgan fingerprint density at radius 1 is 1.04 bits per heavy atom. The van der Waals surface area contributed by atoms with E-state index in [2.05, 4.69) is 10.3 Å². The number of halogens is 2. The molecule has 0 bridgehead atoms. The van der Waals surface area contributed by atoms with Gasteiger partial charge in [0, 0.05) is 18.4 Å². The van der Waals surface area contributed by atoms with Crippen LogP contribution in [-0.2, 0) is 0 Å². The summed E-state index contributed by atoms with van der Waals surface area (Å²) in [5, 5.41) is 2.65. The Kier molecular flexibility index (Phi) is 5.22. The number of para-hydroxylation sites is 2. The Labute approximate surface area is 150 Å². The second-order valence-electron chi connectivity index (χ2n) is 5.57. The quantitative estimate of drug-likeness (QED) is 0.719. The van der Waals surface area contributed by atoms with Gasteiger partial charge < -0.3 is 10.2 Å². The van der Waals surface area contributed by atoms with Crippen molar-refractivity contribution in [2.24, 2.45) is 0 Å². The first-order valence-corrected chi connectivity index (χ1v) is 8.13. The number of aromatic nitrogens is 1. The van der Waals surface area contributed by atoms with Gasteiger partial charge in [-0.05, 0) is 37.3 Å². The van der Waals surface area contributed by atoms with Gasteiger partial charge in [0.25, 0.3) is 5.91 Å². The number of nitrogens with zero attached hydrogens (tertiary/aromatic N) is 2. The normalized spacial score (nSPS) is 10.4. The zero-order valence-corrected chi connectivity index (χ0v) is 14.1. The molecule has 3 aromatic rings. The lowest BCUT2D eigenvalue weighted by molar-refractivity contribution is 0.0988. The Balaban J connectivity index is 1.88. The second-order valence-corrected chi connectivity index (χ2v) is 5.57. The van der Waals surface area contributed by atoms with E-state index in [1.807, 2.05) is 37.3 Å². The van der Waals surface area contributed by atoms with Crippen LogP contribution in [0.25, 0.3) is 0 Å². The molecule has 132 valence electrons. The zero-order chi connectivity index (χ0) is 18.5. The van der Waals surface area contributed by atoms with Crippen LogP contribution in [0.1, 0.15) is 17.3 Å². The molecule has 0 aliphatic carbocycles. The predicted molar refractivity (Wildman–Crippen MR) is 97.7 cm³/mol. The van der Waals surface area contributed by atoms with E-state index in [9.17, 15) is 13.6 Å². The van der Waals surface area contributed by atoms with E-state index in [0.717, 1.165) is 17.8 Å². The van der Waals surface area contributed by atoms with Crippen molar-refractivity contribution in [3.8, 4) is 0 Å². The van der Waals surface area contributed by atoms with Crippen LogP contribution >= 0.6 is 0 Å². The summed E-state index contributed by atoms with van der Waals surface area (Å²) in [5.41, 5.74) is 1.12. The number of amides is 1. The Bertz CT molecular complexity index is 896. The third-order valence-electron chi connectivity index (χ3n) is 3.85. The third kappa shape index (κ3) is 3.69. The first kappa shape index (κ1) is 17.5. The van der Waals surface area contributed by atoms with Crippen molar-refractivity contribution in [2.45, 2.75) is 6.92 Å². The van der Waals surface area contributed by atoms with E-state index < -0.39 is 11.6 Å². The van der Waals surface area contributed by atoms with Gasteiger partial charge in [-0.25, -0.2) is 8.78 Å². The van der Waals surface area contributed by atoms with Crippen LogP contribution in [0.2, 0.25) is 0 Å². The molecule has 3 rings (SSSR count). The minimum atomic E-state index is -0.721. The molecule has 1 aromatic heterocycles. The summed E-state index contributed by atoms with van der Waals surface area (Å²) in [7, 11) is 0. The molecular formula is C20H17F2N3O. The SMILES string of the molecule is CCN(C(=O)c1cncc(Nc2c(F)cccc2F)c1)c1ccccc1. The van der Waals surface area contributed by atoms with Crippen LogP contribution < -0.4 is 10.2 Å².